The lowest BCUT2D eigenvalue weighted by Crippen LogP contribution is -2.41. The number of halogens is 2. The second kappa shape index (κ2) is 7.16. The van der Waals surface area contributed by atoms with Gasteiger partial charge in [-0.3, -0.25) is 4.79 Å². The highest BCUT2D eigenvalue weighted by Crippen LogP contribution is 2.40. The fourth-order valence-electron chi connectivity index (χ4n) is 3.81. The van der Waals surface area contributed by atoms with Gasteiger partial charge in [0.1, 0.15) is 10.3 Å². The molecule has 1 aliphatic rings. The summed E-state index contributed by atoms with van der Waals surface area (Å²) < 4.78 is 54.7. The number of rotatable bonds is 4. The summed E-state index contributed by atoms with van der Waals surface area (Å²) in [6.45, 7) is 7.12. The number of pyridine rings is 1. The Morgan fingerprint density at radius 1 is 1.23 bits per heavy atom. The van der Waals surface area contributed by atoms with Crippen LogP contribution in [0.2, 0.25) is 0 Å². The molecule has 5 nitrogen and oxygen atoms in total. The van der Waals surface area contributed by atoms with Crippen molar-refractivity contribution in [3.05, 3.63) is 100 Å². The maximum atomic E-state index is 14.2. The lowest BCUT2D eigenvalue weighted by Gasteiger charge is -2.33. The number of fused-ring (bicyclic) bond motifs is 1. The summed E-state index contributed by atoms with van der Waals surface area (Å²) in [7, 11) is -4.03. The molecule has 1 N–H and O–H groups in total. The Bertz CT molecular complexity index is 1460. The van der Waals surface area contributed by atoms with Gasteiger partial charge in [0.2, 0.25) is 10.0 Å². The minimum atomic E-state index is -4.03. The van der Waals surface area contributed by atoms with Gasteiger partial charge in [0.05, 0.1) is 0 Å². The third kappa shape index (κ3) is 3.09. The topological polar surface area (TPSA) is 71.9 Å². The van der Waals surface area contributed by atoms with Crippen LogP contribution in [0.5, 0.6) is 0 Å². The molecule has 0 radical (unpaired) electrons. The van der Waals surface area contributed by atoms with E-state index >= 15 is 0 Å². The maximum Gasteiger partial charge on any atom is 0.273 e. The predicted molar refractivity (Wildman–Crippen MR) is 117 cm³/mol. The van der Waals surface area contributed by atoms with Crippen LogP contribution in [0, 0.1) is 11.6 Å². The lowest BCUT2D eigenvalue weighted by atomic mass is 9.86. The largest absolute Gasteiger partial charge is 0.327 e. The number of allylic oxidation sites excluding steroid dienone is 4. The monoisotopic (exact) mass is 442 g/mol. The summed E-state index contributed by atoms with van der Waals surface area (Å²) in [4.78, 5) is 14.8. The maximum absolute atomic E-state index is 14.2. The zero-order chi connectivity index (χ0) is 22.6. The Morgan fingerprint density at radius 2 is 1.97 bits per heavy atom. The number of hydrogen-bond acceptors (Lipinski definition) is 3. The van der Waals surface area contributed by atoms with Crippen LogP contribution in [0.15, 0.2) is 77.4 Å². The summed E-state index contributed by atoms with van der Waals surface area (Å²) >= 11 is 0. The first-order valence-electron chi connectivity index (χ1n) is 9.54. The molecule has 0 amide bonds. The van der Waals surface area contributed by atoms with Gasteiger partial charge in [-0.25, -0.2) is 21.2 Å². The quantitative estimate of drug-likeness (QED) is 0.645. The first-order chi connectivity index (χ1) is 14.6. The van der Waals surface area contributed by atoms with E-state index in [-0.39, 0.29) is 23.1 Å². The van der Waals surface area contributed by atoms with Crippen LogP contribution < -0.4 is 5.56 Å². The van der Waals surface area contributed by atoms with Crippen molar-refractivity contribution in [3.8, 4) is 0 Å². The first kappa shape index (κ1) is 21.0. The van der Waals surface area contributed by atoms with Crippen LogP contribution in [0.3, 0.4) is 0 Å². The van der Waals surface area contributed by atoms with Crippen LogP contribution in [-0.4, -0.2) is 22.1 Å². The van der Waals surface area contributed by atoms with Gasteiger partial charge in [-0.05, 0) is 55.2 Å². The molecule has 2 heterocycles. The molecule has 2 aromatic heterocycles. The van der Waals surface area contributed by atoms with Crippen LogP contribution in [0.4, 0.5) is 8.78 Å². The van der Waals surface area contributed by atoms with Crippen molar-refractivity contribution in [2.24, 2.45) is 0 Å². The molecule has 3 aromatic rings. The van der Waals surface area contributed by atoms with Gasteiger partial charge in [0.25, 0.3) is 5.56 Å². The Balaban J connectivity index is 1.76. The van der Waals surface area contributed by atoms with Crippen molar-refractivity contribution >= 4 is 26.5 Å². The Morgan fingerprint density at radius 3 is 2.68 bits per heavy atom. The number of H-pyrrole nitrogens is 1. The molecule has 0 bridgehead atoms. The molecule has 1 atom stereocenters. The second-order valence-corrected chi connectivity index (χ2v) is 9.97. The highest BCUT2D eigenvalue weighted by atomic mass is 32.2. The zero-order valence-electron chi connectivity index (χ0n) is 16.9. The molecule has 4 rings (SSSR count). The number of aromatic nitrogens is 2. The molecule has 0 fully saturated rings. The standard InChI is InChI=1S/C23H20F2N2O3S/c1-14-13-17(15(2)18-5-4-6-19(24)20(18)25)7-10-23(14,3)31(29,30)27-12-9-16-8-11-26-22(28)21(16)27/h4-9,11-13H,2,10H2,1,3H3,(H,26,28). The highest BCUT2D eigenvalue weighted by molar-refractivity contribution is 7.91. The van der Waals surface area contributed by atoms with E-state index in [4.69, 9.17) is 0 Å². The molecule has 0 saturated carbocycles. The van der Waals surface area contributed by atoms with Crippen molar-refractivity contribution in [2.75, 3.05) is 0 Å². The first-order valence-corrected chi connectivity index (χ1v) is 11.0. The zero-order valence-corrected chi connectivity index (χ0v) is 17.8. The van der Waals surface area contributed by atoms with Crippen LogP contribution >= 0.6 is 0 Å². The average Bonchev–Trinajstić information content (AvgIpc) is 3.18. The minimum Gasteiger partial charge on any atom is -0.327 e. The molecule has 0 saturated heterocycles. The molecule has 0 aliphatic heterocycles. The van der Waals surface area contributed by atoms with E-state index in [0.29, 0.717) is 16.5 Å². The third-order valence-corrected chi connectivity index (χ3v) is 8.40. The predicted octanol–water partition coefficient (Wildman–Crippen LogP) is 4.53. The van der Waals surface area contributed by atoms with E-state index in [1.54, 1.807) is 38.1 Å². The van der Waals surface area contributed by atoms with E-state index < -0.39 is 32.0 Å². The molecule has 0 spiro atoms. The third-order valence-electron chi connectivity index (χ3n) is 5.95. The molecule has 1 unspecified atom stereocenters. The molecule has 8 heteroatoms. The van der Waals surface area contributed by atoms with E-state index in [1.165, 1.54) is 24.5 Å². The van der Waals surface area contributed by atoms with Crippen molar-refractivity contribution in [1.82, 2.24) is 8.96 Å². The van der Waals surface area contributed by atoms with Gasteiger partial charge in [0.15, 0.2) is 11.6 Å². The number of hydrogen-bond donors (Lipinski definition) is 1. The molecule has 1 aromatic carbocycles. The summed E-state index contributed by atoms with van der Waals surface area (Å²) in [6, 6.07) is 7.04. The molecular formula is C23H20F2N2O3S. The summed E-state index contributed by atoms with van der Waals surface area (Å²) in [5, 5.41) is 0.513. The molecule has 160 valence electrons. The van der Waals surface area contributed by atoms with Crippen LogP contribution in [0.25, 0.3) is 16.5 Å². The number of benzene rings is 1. The number of aromatic amines is 1. The van der Waals surface area contributed by atoms with E-state index in [9.17, 15) is 22.0 Å². The van der Waals surface area contributed by atoms with E-state index in [1.807, 2.05) is 0 Å². The highest BCUT2D eigenvalue weighted by Gasteiger charge is 2.43. The fraction of sp³-hybridized carbons (Fsp3) is 0.174. The van der Waals surface area contributed by atoms with Crippen molar-refractivity contribution in [1.29, 1.82) is 0 Å². The van der Waals surface area contributed by atoms with Gasteiger partial charge >= 0.3 is 0 Å². The van der Waals surface area contributed by atoms with Gasteiger partial charge in [-0.2, -0.15) is 0 Å². The van der Waals surface area contributed by atoms with Gasteiger partial charge in [-0.15, -0.1) is 0 Å². The average molecular weight is 442 g/mol. The number of nitrogens with zero attached hydrogens (tertiary/aromatic N) is 1. The molecule has 1 aliphatic carbocycles. The fourth-order valence-corrected chi connectivity index (χ4v) is 5.65. The Hall–Kier alpha value is -3.26. The molecular weight excluding hydrogens is 422 g/mol. The van der Waals surface area contributed by atoms with Gasteiger partial charge in [0, 0.05) is 23.3 Å². The summed E-state index contributed by atoms with van der Waals surface area (Å²) in [6.07, 6.45) is 6.17. The Kier molecular flexibility index (Phi) is 4.85. The normalized spacial score (nSPS) is 19.2. The molecule has 31 heavy (non-hydrogen) atoms. The van der Waals surface area contributed by atoms with Crippen LogP contribution in [0.1, 0.15) is 25.8 Å². The number of nitrogens with one attached hydrogen (secondary N) is 1. The van der Waals surface area contributed by atoms with E-state index in [2.05, 4.69) is 11.6 Å². The smallest absolute Gasteiger partial charge is 0.273 e. The minimum absolute atomic E-state index is 0.0182. The van der Waals surface area contributed by atoms with Gasteiger partial charge < -0.3 is 4.98 Å². The van der Waals surface area contributed by atoms with Crippen molar-refractivity contribution in [3.63, 3.8) is 0 Å². The lowest BCUT2D eigenvalue weighted by molar-refractivity contribution is 0.506. The SMILES string of the molecule is C=C(C1=CCC(C)(S(=O)(=O)n2ccc3cc[nH]c(=O)c32)C(C)=C1)c1cccc(F)c1F. The van der Waals surface area contributed by atoms with E-state index in [0.717, 1.165) is 10.0 Å². The van der Waals surface area contributed by atoms with Crippen LogP contribution in [-0.2, 0) is 10.0 Å². The van der Waals surface area contributed by atoms with Gasteiger partial charge in [-0.1, -0.05) is 30.9 Å². The second-order valence-electron chi connectivity index (χ2n) is 7.73. The van der Waals surface area contributed by atoms with Crippen molar-refractivity contribution in [2.45, 2.75) is 25.0 Å². The Labute approximate surface area is 178 Å². The van der Waals surface area contributed by atoms with Crippen molar-refractivity contribution < 1.29 is 17.2 Å². The summed E-state index contributed by atoms with van der Waals surface area (Å²) in [5.74, 6) is -1.98. The summed E-state index contributed by atoms with van der Waals surface area (Å²) in [5.41, 5.74) is 0.848.